The number of hydrogen-bond acceptors (Lipinski definition) is 4. The molecule has 2 aromatic rings. The third-order valence-electron chi connectivity index (χ3n) is 2.97. The highest BCUT2D eigenvalue weighted by Crippen LogP contribution is 2.22. The van der Waals surface area contributed by atoms with E-state index in [0.29, 0.717) is 16.7 Å². The average Bonchev–Trinajstić information content (AvgIpc) is 2.69. The molecule has 0 fully saturated rings. The summed E-state index contributed by atoms with van der Waals surface area (Å²) in [6.45, 7) is 1.23. The minimum atomic E-state index is -0.525. The van der Waals surface area contributed by atoms with Gasteiger partial charge in [0.25, 0.3) is 0 Å². The first-order chi connectivity index (χ1) is 8.52. The van der Waals surface area contributed by atoms with Gasteiger partial charge in [0.05, 0.1) is 18.2 Å². The van der Waals surface area contributed by atoms with E-state index in [1.807, 2.05) is 0 Å². The van der Waals surface area contributed by atoms with Crippen molar-refractivity contribution in [1.82, 2.24) is 9.88 Å². The summed E-state index contributed by atoms with van der Waals surface area (Å²) in [6.07, 6.45) is 0. The van der Waals surface area contributed by atoms with Gasteiger partial charge in [-0.3, -0.25) is 9.78 Å². The van der Waals surface area contributed by atoms with Crippen molar-refractivity contribution in [2.45, 2.75) is 13.0 Å². The Bertz CT molecular complexity index is 628. The molecule has 0 spiro atoms. The molecule has 1 amide bonds. The quantitative estimate of drug-likeness (QED) is 0.836. The van der Waals surface area contributed by atoms with Gasteiger partial charge < -0.3 is 14.4 Å². The number of carbonyl (C=O) groups is 1. The number of likely N-dealkylation sites (N-methyl/N-ethyl adjacent to an activating group) is 1. The number of aliphatic hydroxyl groups excluding tert-OH is 1. The van der Waals surface area contributed by atoms with E-state index in [2.05, 4.69) is 4.98 Å². The molecule has 6 heteroatoms. The van der Waals surface area contributed by atoms with Crippen molar-refractivity contribution in [1.29, 1.82) is 0 Å². The number of hydrogen-bond donors (Lipinski definition) is 2. The van der Waals surface area contributed by atoms with Gasteiger partial charge in [0.2, 0.25) is 5.91 Å². The van der Waals surface area contributed by atoms with Crippen molar-refractivity contribution in [3.8, 4) is 0 Å². The van der Waals surface area contributed by atoms with Crippen LogP contribution in [0.4, 0.5) is 0 Å². The number of H-pyrrole nitrogens is 1. The van der Waals surface area contributed by atoms with Gasteiger partial charge in [-0.05, 0) is 17.7 Å². The largest absolute Gasteiger partial charge is 0.417 e. The highest BCUT2D eigenvalue weighted by atomic mass is 16.4. The second kappa shape index (κ2) is 4.66. The Hall–Kier alpha value is -2.08. The van der Waals surface area contributed by atoms with Crippen LogP contribution in [-0.4, -0.2) is 34.6 Å². The lowest BCUT2D eigenvalue weighted by molar-refractivity contribution is -0.130. The summed E-state index contributed by atoms with van der Waals surface area (Å²) >= 11 is 0. The average molecular weight is 250 g/mol. The van der Waals surface area contributed by atoms with Crippen molar-refractivity contribution in [3.63, 3.8) is 0 Å². The zero-order chi connectivity index (χ0) is 13.3. The molecule has 96 valence electrons. The maximum absolute atomic E-state index is 11.3. The summed E-state index contributed by atoms with van der Waals surface area (Å²) in [5.74, 6) is -0.674. The SMILES string of the molecule is CC(=O)N(C)C(CO)c1ccc2[nH]c(=O)oc2c1. The van der Waals surface area contributed by atoms with E-state index in [1.54, 1.807) is 25.2 Å². The number of aromatic nitrogens is 1. The van der Waals surface area contributed by atoms with Crippen LogP contribution in [0.3, 0.4) is 0 Å². The second-order valence-corrected chi connectivity index (χ2v) is 4.10. The minimum Gasteiger partial charge on any atom is -0.408 e. The molecule has 1 unspecified atom stereocenters. The molecular formula is C12H14N2O4. The number of benzene rings is 1. The van der Waals surface area contributed by atoms with Crippen molar-refractivity contribution in [2.24, 2.45) is 0 Å². The summed E-state index contributed by atoms with van der Waals surface area (Å²) in [4.78, 5) is 26.3. The molecule has 1 heterocycles. The molecular weight excluding hydrogens is 236 g/mol. The maximum Gasteiger partial charge on any atom is 0.417 e. The van der Waals surface area contributed by atoms with Crippen molar-refractivity contribution in [3.05, 3.63) is 34.3 Å². The number of fused-ring (bicyclic) bond motifs is 1. The second-order valence-electron chi connectivity index (χ2n) is 4.10. The lowest BCUT2D eigenvalue weighted by Gasteiger charge is -2.25. The third kappa shape index (κ3) is 2.14. The van der Waals surface area contributed by atoms with Gasteiger partial charge in [0.1, 0.15) is 0 Å². The highest BCUT2D eigenvalue weighted by Gasteiger charge is 2.19. The van der Waals surface area contributed by atoms with E-state index in [-0.39, 0.29) is 12.5 Å². The first-order valence-corrected chi connectivity index (χ1v) is 5.50. The highest BCUT2D eigenvalue weighted by molar-refractivity contribution is 5.75. The molecule has 1 aromatic heterocycles. The molecule has 0 bridgehead atoms. The Morgan fingerprint density at radius 1 is 1.56 bits per heavy atom. The fraction of sp³-hybridized carbons (Fsp3) is 0.333. The Morgan fingerprint density at radius 3 is 2.89 bits per heavy atom. The van der Waals surface area contributed by atoms with Gasteiger partial charge in [0, 0.05) is 14.0 Å². The number of aliphatic hydroxyl groups is 1. The van der Waals surface area contributed by atoms with Crippen LogP contribution >= 0.6 is 0 Å². The van der Waals surface area contributed by atoms with E-state index in [0.717, 1.165) is 0 Å². The molecule has 1 aromatic carbocycles. The molecule has 0 saturated carbocycles. The molecule has 2 N–H and O–H groups in total. The van der Waals surface area contributed by atoms with Gasteiger partial charge >= 0.3 is 5.76 Å². The Balaban J connectivity index is 2.44. The van der Waals surface area contributed by atoms with Crippen LogP contribution in [0.2, 0.25) is 0 Å². The number of nitrogens with zero attached hydrogens (tertiary/aromatic N) is 1. The molecule has 6 nitrogen and oxygen atoms in total. The van der Waals surface area contributed by atoms with Crippen LogP contribution in [0.1, 0.15) is 18.5 Å². The van der Waals surface area contributed by atoms with Crippen LogP contribution in [0.25, 0.3) is 11.1 Å². The Labute approximate surface area is 103 Å². The van der Waals surface area contributed by atoms with E-state index >= 15 is 0 Å². The lowest BCUT2D eigenvalue weighted by Crippen LogP contribution is -2.31. The van der Waals surface area contributed by atoms with Crippen molar-refractivity contribution >= 4 is 17.0 Å². The molecule has 0 aliphatic heterocycles. The topological polar surface area (TPSA) is 86.5 Å². The molecule has 18 heavy (non-hydrogen) atoms. The Kier molecular flexibility index (Phi) is 3.20. The normalized spacial score (nSPS) is 12.6. The number of carbonyl (C=O) groups excluding carboxylic acids is 1. The number of amides is 1. The maximum atomic E-state index is 11.3. The number of nitrogens with one attached hydrogen (secondary N) is 1. The molecule has 0 aliphatic carbocycles. The molecule has 0 aliphatic rings. The van der Waals surface area contributed by atoms with E-state index in [4.69, 9.17) is 4.42 Å². The zero-order valence-electron chi connectivity index (χ0n) is 10.1. The van der Waals surface area contributed by atoms with Crippen LogP contribution in [0, 0.1) is 0 Å². The monoisotopic (exact) mass is 250 g/mol. The number of oxazole rings is 1. The Morgan fingerprint density at radius 2 is 2.28 bits per heavy atom. The predicted octanol–water partition coefficient (Wildman–Crippen LogP) is 0.633. The van der Waals surface area contributed by atoms with Gasteiger partial charge in [-0.1, -0.05) is 6.07 Å². The summed E-state index contributed by atoms with van der Waals surface area (Å²) in [5.41, 5.74) is 1.71. The lowest BCUT2D eigenvalue weighted by atomic mass is 10.1. The minimum absolute atomic E-state index is 0.148. The predicted molar refractivity (Wildman–Crippen MR) is 65.1 cm³/mol. The fourth-order valence-corrected chi connectivity index (χ4v) is 1.84. The first kappa shape index (κ1) is 12.4. The van der Waals surface area contributed by atoms with Gasteiger partial charge in [-0.15, -0.1) is 0 Å². The van der Waals surface area contributed by atoms with Gasteiger partial charge in [-0.2, -0.15) is 0 Å². The van der Waals surface area contributed by atoms with Crippen LogP contribution in [-0.2, 0) is 4.79 Å². The third-order valence-corrected chi connectivity index (χ3v) is 2.97. The summed E-state index contributed by atoms with van der Waals surface area (Å²) in [5, 5.41) is 9.38. The first-order valence-electron chi connectivity index (χ1n) is 5.50. The number of rotatable bonds is 3. The zero-order valence-corrected chi connectivity index (χ0v) is 10.1. The van der Waals surface area contributed by atoms with E-state index < -0.39 is 11.8 Å². The summed E-state index contributed by atoms with van der Waals surface area (Å²) < 4.78 is 4.95. The molecule has 0 radical (unpaired) electrons. The summed E-state index contributed by atoms with van der Waals surface area (Å²) in [6, 6.07) is 4.63. The van der Waals surface area contributed by atoms with E-state index in [9.17, 15) is 14.7 Å². The van der Waals surface area contributed by atoms with Crippen LogP contribution < -0.4 is 5.76 Å². The fourth-order valence-electron chi connectivity index (χ4n) is 1.84. The number of aromatic amines is 1. The van der Waals surface area contributed by atoms with Gasteiger partial charge in [0.15, 0.2) is 5.58 Å². The molecule has 0 saturated heterocycles. The van der Waals surface area contributed by atoms with Gasteiger partial charge in [-0.25, -0.2) is 4.79 Å². The standard InChI is InChI=1S/C12H14N2O4/c1-7(16)14(2)10(6-15)8-3-4-9-11(5-8)18-12(17)13-9/h3-5,10,15H,6H2,1-2H3,(H,13,17). The molecule has 2 rings (SSSR count). The van der Waals surface area contributed by atoms with E-state index in [1.165, 1.54) is 11.8 Å². The smallest absolute Gasteiger partial charge is 0.408 e. The molecule has 1 atom stereocenters. The van der Waals surface area contributed by atoms with Crippen molar-refractivity contribution in [2.75, 3.05) is 13.7 Å². The van der Waals surface area contributed by atoms with Crippen LogP contribution in [0.5, 0.6) is 0 Å². The van der Waals surface area contributed by atoms with Crippen LogP contribution in [0.15, 0.2) is 27.4 Å². The summed E-state index contributed by atoms with van der Waals surface area (Å²) in [7, 11) is 1.61. The van der Waals surface area contributed by atoms with Crippen molar-refractivity contribution < 1.29 is 14.3 Å².